The average Bonchev–Trinajstić information content (AvgIpc) is 2.34. The van der Waals surface area contributed by atoms with Gasteiger partial charge in [0.2, 0.25) is 0 Å². The van der Waals surface area contributed by atoms with Crippen LogP contribution in [0.25, 0.3) is 0 Å². The van der Waals surface area contributed by atoms with Gasteiger partial charge in [0, 0.05) is 45.3 Å². The van der Waals surface area contributed by atoms with Crippen LogP contribution in [0.3, 0.4) is 0 Å². The van der Waals surface area contributed by atoms with E-state index >= 15 is 0 Å². The Bertz CT molecular complexity index is 411. The first kappa shape index (κ1) is 14.5. The molecule has 0 aliphatic carbocycles. The monoisotopic (exact) mass is 289 g/mol. The first-order valence-corrected chi connectivity index (χ1v) is 6.73. The molecule has 0 amide bonds. The number of piperazine rings is 1. The summed E-state index contributed by atoms with van der Waals surface area (Å²) in [6, 6.07) is 1.95. The van der Waals surface area contributed by atoms with Crippen molar-refractivity contribution >= 4 is 17.3 Å². The van der Waals surface area contributed by atoms with E-state index < -0.39 is 11.6 Å². The highest BCUT2D eigenvalue weighted by Crippen LogP contribution is 2.26. The Labute approximate surface area is 117 Å². The van der Waals surface area contributed by atoms with Crippen LogP contribution in [0.15, 0.2) is 12.1 Å². The molecule has 1 N–H and O–H groups in total. The van der Waals surface area contributed by atoms with Gasteiger partial charge in [0.1, 0.15) is 5.82 Å². The van der Waals surface area contributed by atoms with Gasteiger partial charge in [-0.1, -0.05) is 11.6 Å². The standard InChI is InChI=1S/C13H18ClF2N3/c1-18-4-6-19(7-5-18)3-2-17-13-11(14)8-10(15)9-12(13)16/h8-9,17H,2-7H2,1H3. The summed E-state index contributed by atoms with van der Waals surface area (Å²) >= 11 is 5.81. The molecule has 0 unspecified atom stereocenters. The Morgan fingerprint density at radius 1 is 1.21 bits per heavy atom. The zero-order chi connectivity index (χ0) is 13.8. The van der Waals surface area contributed by atoms with E-state index in [1.165, 1.54) is 0 Å². The van der Waals surface area contributed by atoms with Crippen molar-refractivity contribution in [3.63, 3.8) is 0 Å². The SMILES string of the molecule is CN1CCN(CCNc2c(F)cc(F)cc2Cl)CC1. The maximum Gasteiger partial charge on any atom is 0.150 e. The lowest BCUT2D eigenvalue weighted by atomic mass is 10.3. The summed E-state index contributed by atoms with van der Waals surface area (Å²) in [6.45, 7) is 5.53. The number of nitrogens with zero attached hydrogens (tertiary/aromatic N) is 2. The quantitative estimate of drug-likeness (QED) is 0.917. The molecule has 0 bridgehead atoms. The van der Waals surface area contributed by atoms with Gasteiger partial charge in [-0.05, 0) is 13.1 Å². The Kier molecular flexibility index (Phi) is 4.96. The van der Waals surface area contributed by atoms with Crippen LogP contribution in [0.2, 0.25) is 5.02 Å². The molecule has 1 aromatic rings. The molecule has 0 radical (unpaired) electrons. The molecule has 1 aromatic carbocycles. The normalized spacial score (nSPS) is 17.7. The molecule has 6 heteroatoms. The molecule has 1 heterocycles. The van der Waals surface area contributed by atoms with Gasteiger partial charge in [-0.2, -0.15) is 0 Å². The molecule has 1 aliphatic heterocycles. The van der Waals surface area contributed by atoms with E-state index in [4.69, 9.17) is 11.6 Å². The highest BCUT2D eigenvalue weighted by molar-refractivity contribution is 6.33. The smallest absolute Gasteiger partial charge is 0.150 e. The minimum Gasteiger partial charge on any atom is -0.380 e. The van der Waals surface area contributed by atoms with Gasteiger partial charge in [-0.15, -0.1) is 0 Å². The van der Waals surface area contributed by atoms with E-state index in [0.29, 0.717) is 6.54 Å². The highest BCUT2D eigenvalue weighted by atomic mass is 35.5. The summed E-state index contributed by atoms with van der Waals surface area (Å²) in [5.74, 6) is -1.31. The Morgan fingerprint density at radius 2 is 1.89 bits per heavy atom. The molecule has 0 spiro atoms. The fraction of sp³-hybridized carbons (Fsp3) is 0.538. The maximum atomic E-state index is 13.5. The van der Waals surface area contributed by atoms with Crippen LogP contribution >= 0.6 is 11.6 Å². The number of hydrogen-bond acceptors (Lipinski definition) is 3. The summed E-state index contributed by atoms with van der Waals surface area (Å²) in [5.41, 5.74) is 0.178. The van der Waals surface area contributed by atoms with Crippen molar-refractivity contribution in [3.05, 3.63) is 28.8 Å². The summed E-state index contributed by atoms with van der Waals surface area (Å²) in [6.07, 6.45) is 0. The number of halogens is 3. The lowest BCUT2D eigenvalue weighted by Gasteiger charge is -2.32. The van der Waals surface area contributed by atoms with Crippen LogP contribution in [-0.2, 0) is 0 Å². The zero-order valence-electron chi connectivity index (χ0n) is 10.9. The molecular formula is C13H18ClF2N3. The summed E-state index contributed by atoms with van der Waals surface area (Å²) in [4.78, 5) is 4.59. The topological polar surface area (TPSA) is 18.5 Å². The molecular weight excluding hydrogens is 272 g/mol. The molecule has 0 saturated carbocycles. The number of hydrogen-bond donors (Lipinski definition) is 1. The molecule has 0 atom stereocenters. The first-order chi connectivity index (χ1) is 9.06. The van der Waals surface area contributed by atoms with Crippen molar-refractivity contribution in [2.45, 2.75) is 0 Å². The largest absolute Gasteiger partial charge is 0.380 e. The van der Waals surface area contributed by atoms with Gasteiger partial charge in [0.25, 0.3) is 0 Å². The van der Waals surface area contributed by atoms with Gasteiger partial charge in [0.05, 0.1) is 10.7 Å². The van der Waals surface area contributed by atoms with Crippen molar-refractivity contribution in [2.75, 3.05) is 51.6 Å². The lowest BCUT2D eigenvalue weighted by molar-refractivity contribution is 0.158. The molecule has 1 aliphatic rings. The fourth-order valence-electron chi connectivity index (χ4n) is 2.12. The second-order valence-electron chi connectivity index (χ2n) is 4.82. The van der Waals surface area contributed by atoms with E-state index in [2.05, 4.69) is 22.2 Å². The third-order valence-corrected chi connectivity index (χ3v) is 3.63. The van der Waals surface area contributed by atoms with Crippen molar-refractivity contribution in [3.8, 4) is 0 Å². The number of anilines is 1. The van der Waals surface area contributed by atoms with Gasteiger partial charge in [-0.25, -0.2) is 8.78 Å². The van der Waals surface area contributed by atoms with Crippen LogP contribution < -0.4 is 5.32 Å². The van der Waals surface area contributed by atoms with Crippen LogP contribution in [0.1, 0.15) is 0 Å². The number of likely N-dealkylation sites (N-methyl/N-ethyl adjacent to an activating group) is 1. The van der Waals surface area contributed by atoms with E-state index in [1.807, 2.05) is 0 Å². The fourth-order valence-corrected chi connectivity index (χ4v) is 2.38. The zero-order valence-corrected chi connectivity index (χ0v) is 11.7. The maximum absolute atomic E-state index is 13.5. The van der Waals surface area contributed by atoms with Crippen LogP contribution in [0.4, 0.5) is 14.5 Å². The molecule has 0 aromatic heterocycles. The van der Waals surface area contributed by atoms with E-state index in [1.54, 1.807) is 0 Å². The van der Waals surface area contributed by atoms with Crippen LogP contribution in [0.5, 0.6) is 0 Å². The molecule has 2 rings (SSSR count). The van der Waals surface area contributed by atoms with Gasteiger partial charge in [-0.3, -0.25) is 4.90 Å². The van der Waals surface area contributed by atoms with Crippen LogP contribution in [0, 0.1) is 11.6 Å². The van der Waals surface area contributed by atoms with Crippen molar-refractivity contribution in [1.82, 2.24) is 9.80 Å². The number of benzene rings is 1. The average molecular weight is 290 g/mol. The molecule has 1 fully saturated rings. The minimum atomic E-state index is -0.660. The second kappa shape index (κ2) is 6.50. The Balaban J connectivity index is 1.83. The minimum absolute atomic E-state index is 0.0795. The predicted molar refractivity (Wildman–Crippen MR) is 73.8 cm³/mol. The summed E-state index contributed by atoms with van der Waals surface area (Å²) < 4.78 is 26.4. The van der Waals surface area contributed by atoms with Crippen LogP contribution in [-0.4, -0.2) is 56.1 Å². The third kappa shape index (κ3) is 4.03. The molecule has 19 heavy (non-hydrogen) atoms. The van der Waals surface area contributed by atoms with Crippen molar-refractivity contribution in [2.24, 2.45) is 0 Å². The van der Waals surface area contributed by atoms with Crippen molar-refractivity contribution in [1.29, 1.82) is 0 Å². The summed E-state index contributed by atoms with van der Waals surface area (Å²) in [5, 5.41) is 3.02. The highest BCUT2D eigenvalue weighted by Gasteiger charge is 2.14. The Hall–Kier alpha value is -0.910. The first-order valence-electron chi connectivity index (χ1n) is 6.35. The lowest BCUT2D eigenvalue weighted by Crippen LogP contribution is -2.45. The molecule has 3 nitrogen and oxygen atoms in total. The Morgan fingerprint density at radius 3 is 2.53 bits per heavy atom. The number of nitrogens with one attached hydrogen (secondary N) is 1. The van der Waals surface area contributed by atoms with E-state index in [9.17, 15) is 8.78 Å². The predicted octanol–water partition coefficient (Wildman–Crippen LogP) is 2.28. The van der Waals surface area contributed by atoms with Gasteiger partial charge in [0.15, 0.2) is 5.82 Å². The summed E-state index contributed by atoms with van der Waals surface area (Å²) in [7, 11) is 2.10. The van der Waals surface area contributed by atoms with Crippen molar-refractivity contribution < 1.29 is 8.78 Å². The third-order valence-electron chi connectivity index (χ3n) is 3.33. The second-order valence-corrected chi connectivity index (χ2v) is 5.22. The van der Waals surface area contributed by atoms with E-state index in [-0.39, 0.29) is 10.7 Å². The van der Waals surface area contributed by atoms with Gasteiger partial charge >= 0.3 is 0 Å². The number of rotatable bonds is 4. The van der Waals surface area contributed by atoms with E-state index in [0.717, 1.165) is 44.9 Å². The van der Waals surface area contributed by atoms with Gasteiger partial charge < -0.3 is 10.2 Å². The molecule has 1 saturated heterocycles. The molecule has 106 valence electrons.